The fraction of sp³-hybridized carbons (Fsp3) is 0.125. The molecule has 1 rings (SSSR count). The van der Waals surface area contributed by atoms with Gasteiger partial charge in [0.05, 0.1) is 0 Å². The van der Waals surface area contributed by atoms with Gasteiger partial charge in [-0.05, 0) is 0 Å². The van der Waals surface area contributed by atoms with Crippen LogP contribution in [0.25, 0.3) is 0 Å². The van der Waals surface area contributed by atoms with Gasteiger partial charge >= 0.3 is 98.9 Å². The Bertz CT molecular complexity index is 464. The van der Waals surface area contributed by atoms with Gasteiger partial charge in [-0.2, -0.15) is 0 Å². The van der Waals surface area contributed by atoms with Crippen molar-refractivity contribution in [2.24, 2.45) is 0 Å². The molecule has 0 saturated heterocycles. The van der Waals surface area contributed by atoms with Gasteiger partial charge in [-0.3, -0.25) is 0 Å². The molecule has 1 amide bonds. The Morgan fingerprint density at radius 3 is 2.69 bits per heavy atom. The fourth-order valence-corrected chi connectivity index (χ4v) is 3.18. The molecule has 88 valence electrons. The molecule has 1 aromatic rings. The maximum atomic E-state index is 11.5. The minimum absolute atomic E-state index is 0.0317. The number of benzene rings is 1. The Labute approximate surface area is 99.1 Å². The van der Waals surface area contributed by atoms with Crippen LogP contribution in [0.5, 0.6) is 0 Å². The Hall–Kier alpha value is -0.782. The Balaban J connectivity index is 3.34. The van der Waals surface area contributed by atoms with E-state index < -0.39 is 20.1 Å². The molecule has 1 unspecified atom stereocenters. The predicted molar refractivity (Wildman–Crippen MR) is 57.8 cm³/mol. The van der Waals surface area contributed by atoms with E-state index >= 15 is 0 Å². The second kappa shape index (κ2) is 5.03. The van der Waals surface area contributed by atoms with Crippen molar-refractivity contribution in [3.63, 3.8) is 0 Å². The van der Waals surface area contributed by atoms with Crippen LogP contribution in [0.4, 0.5) is 5.69 Å². The summed E-state index contributed by atoms with van der Waals surface area (Å²) < 4.78 is 24.2. The van der Waals surface area contributed by atoms with Gasteiger partial charge < -0.3 is 0 Å². The van der Waals surface area contributed by atoms with Gasteiger partial charge in [0, 0.05) is 0 Å². The molecular formula is C8H9AsClNO5. The van der Waals surface area contributed by atoms with Crippen LogP contribution in [0.15, 0.2) is 18.2 Å². The van der Waals surface area contributed by atoms with E-state index in [4.69, 9.17) is 16.9 Å². The first-order chi connectivity index (χ1) is 7.38. The standard InChI is InChI=1S/C8H9AsClNO5/c1-5(12)11-8-6(9(13,14)16-15)3-2-4-7(8)10/h2-4,15H,1H3,(H,11,12)(H,13,14). The monoisotopic (exact) mass is 309 g/mol. The molecule has 1 atom stereocenters. The summed E-state index contributed by atoms with van der Waals surface area (Å²) in [6.45, 7) is 1.22. The van der Waals surface area contributed by atoms with E-state index in [1.54, 1.807) is 0 Å². The second-order valence-electron chi connectivity index (χ2n) is 2.92. The molecule has 0 fully saturated rings. The van der Waals surface area contributed by atoms with Crippen molar-refractivity contribution in [1.29, 1.82) is 0 Å². The Morgan fingerprint density at radius 1 is 1.56 bits per heavy atom. The molecule has 0 saturated carbocycles. The van der Waals surface area contributed by atoms with E-state index in [1.807, 2.05) is 0 Å². The molecule has 0 radical (unpaired) electrons. The van der Waals surface area contributed by atoms with Crippen LogP contribution in [-0.2, 0) is 12.4 Å². The van der Waals surface area contributed by atoms with Crippen molar-refractivity contribution in [2.75, 3.05) is 5.32 Å². The van der Waals surface area contributed by atoms with Crippen LogP contribution in [0.2, 0.25) is 5.02 Å². The molecule has 8 heteroatoms. The van der Waals surface area contributed by atoms with Crippen LogP contribution in [0.1, 0.15) is 6.92 Å². The molecule has 3 N–H and O–H groups in total. The zero-order valence-electron chi connectivity index (χ0n) is 8.18. The topological polar surface area (TPSA) is 95.9 Å². The summed E-state index contributed by atoms with van der Waals surface area (Å²) >= 11 is 0.717. The molecule has 0 aliphatic carbocycles. The van der Waals surface area contributed by atoms with E-state index in [2.05, 4.69) is 9.19 Å². The molecule has 0 bridgehead atoms. The van der Waals surface area contributed by atoms with Crippen LogP contribution in [0.3, 0.4) is 0 Å². The first kappa shape index (κ1) is 13.3. The van der Waals surface area contributed by atoms with Crippen molar-refractivity contribution in [3.05, 3.63) is 23.2 Å². The summed E-state index contributed by atoms with van der Waals surface area (Å²) in [6.07, 6.45) is 0. The number of rotatable bonds is 3. The van der Waals surface area contributed by atoms with Crippen molar-refractivity contribution in [3.8, 4) is 0 Å². The number of para-hydroxylation sites is 1. The molecule has 16 heavy (non-hydrogen) atoms. The number of carbonyl (C=O) groups is 1. The van der Waals surface area contributed by atoms with Crippen LogP contribution in [0, 0.1) is 0 Å². The maximum absolute atomic E-state index is 11.5. The van der Waals surface area contributed by atoms with Gasteiger partial charge in [0.1, 0.15) is 0 Å². The summed E-state index contributed by atoms with van der Waals surface area (Å²) in [6, 6.07) is 4.09. The van der Waals surface area contributed by atoms with E-state index in [0.29, 0.717) is 0 Å². The Kier molecular flexibility index (Phi) is 4.18. The predicted octanol–water partition coefficient (Wildman–Crippen LogP) is 0.357. The summed E-state index contributed by atoms with van der Waals surface area (Å²) in [5, 5.41) is 10.7. The van der Waals surface area contributed by atoms with Crippen molar-refractivity contribution in [2.45, 2.75) is 6.92 Å². The second-order valence-corrected chi connectivity index (χ2v) is 6.86. The summed E-state index contributed by atoms with van der Waals surface area (Å²) in [5.41, 5.74) is -0.0317. The number of hydrogen-bond donors (Lipinski definition) is 3. The van der Waals surface area contributed by atoms with Crippen LogP contribution in [-0.4, -0.2) is 29.4 Å². The van der Waals surface area contributed by atoms with Crippen molar-refractivity contribution < 1.29 is 21.8 Å². The molecule has 1 aromatic carbocycles. The number of anilines is 1. The summed E-state index contributed by atoms with van der Waals surface area (Å²) in [7, 11) is 0. The number of nitrogens with one attached hydrogen (secondary N) is 1. The molecule has 0 heterocycles. The van der Waals surface area contributed by atoms with Crippen molar-refractivity contribution in [1.82, 2.24) is 0 Å². The van der Waals surface area contributed by atoms with Crippen LogP contribution >= 0.6 is 11.6 Å². The van der Waals surface area contributed by atoms with E-state index in [-0.39, 0.29) is 15.1 Å². The summed E-state index contributed by atoms with van der Waals surface area (Å²) in [4.78, 5) is 10.9. The Morgan fingerprint density at radius 2 is 2.19 bits per heavy atom. The van der Waals surface area contributed by atoms with E-state index in [9.17, 15) is 12.6 Å². The van der Waals surface area contributed by atoms with Gasteiger partial charge in [0.2, 0.25) is 0 Å². The fourth-order valence-electron chi connectivity index (χ4n) is 1.09. The van der Waals surface area contributed by atoms with E-state index in [1.165, 1.54) is 25.1 Å². The quantitative estimate of drug-likeness (QED) is 0.425. The summed E-state index contributed by atoms with van der Waals surface area (Å²) in [5.74, 6) is -0.456. The van der Waals surface area contributed by atoms with Gasteiger partial charge in [-0.25, -0.2) is 0 Å². The van der Waals surface area contributed by atoms with E-state index in [0.717, 1.165) is 0 Å². The number of hydrogen-bond acceptors (Lipinski definition) is 4. The first-order valence-corrected chi connectivity index (χ1v) is 7.80. The van der Waals surface area contributed by atoms with Gasteiger partial charge in [-0.1, -0.05) is 0 Å². The molecular weight excluding hydrogens is 300 g/mol. The zero-order chi connectivity index (χ0) is 12.3. The average Bonchev–Trinajstić information content (AvgIpc) is 2.20. The third kappa shape index (κ3) is 2.87. The third-order valence-electron chi connectivity index (χ3n) is 1.71. The van der Waals surface area contributed by atoms with Gasteiger partial charge in [0.15, 0.2) is 0 Å². The van der Waals surface area contributed by atoms with Gasteiger partial charge in [-0.15, -0.1) is 0 Å². The average molecular weight is 310 g/mol. The molecule has 0 aromatic heterocycles. The normalized spacial score (nSPS) is 14.2. The van der Waals surface area contributed by atoms with Crippen LogP contribution < -0.4 is 9.67 Å². The van der Waals surface area contributed by atoms with Crippen molar-refractivity contribution >= 4 is 41.7 Å². The molecule has 0 aliphatic rings. The SMILES string of the molecule is CC(=O)Nc1c(Cl)cccc1[As](=O)(O)OO. The zero-order valence-corrected chi connectivity index (χ0v) is 10.8. The number of carbonyl (C=O) groups excluding carboxylic acids is 1. The minimum atomic E-state index is -5.05. The number of amides is 1. The molecule has 0 spiro atoms. The first-order valence-electron chi connectivity index (χ1n) is 4.11. The third-order valence-corrected chi connectivity index (χ3v) is 4.55. The number of halogens is 1. The molecule has 6 nitrogen and oxygen atoms in total. The molecule has 0 aliphatic heterocycles. The van der Waals surface area contributed by atoms with Gasteiger partial charge in [0.25, 0.3) is 0 Å².